The van der Waals surface area contributed by atoms with Crippen LogP contribution in [0.1, 0.15) is 12.5 Å². The summed E-state index contributed by atoms with van der Waals surface area (Å²) in [6, 6.07) is 14.6. The number of rotatable bonds is 8. The second-order valence-electron chi connectivity index (χ2n) is 5.99. The van der Waals surface area contributed by atoms with Crippen LogP contribution in [-0.4, -0.2) is 39.0 Å². The first-order valence-electron chi connectivity index (χ1n) is 8.75. The number of aromatic amines is 1. The van der Waals surface area contributed by atoms with Gasteiger partial charge in [-0.05, 0) is 35.9 Å². The van der Waals surface area contributed by atoms with Crippen LogP contribution in [0, 0.1) is 0 Å². The van der Waals surface area contributed by atoms with Crippen LogP contribution in [0.3, 0.4) is 0 Å². The lowest BCUT2D eigenvalue weighted by molar-refractivity contribution is -0.114. The quantitative estimate of drug-likeness (QED) is 0.218. The van der Waals surface area contributed by atoms with Crippen molar-refractivity contribution >= 4 is 63.0 Å². The molecule has 11 heteroatoms. The summed E-state index contributed by atoms with van der Waals surface area (Å²) in [6.07, 6.45) is 1.66. The van der Waals surface area contributed by atoms with E-state index in [0.29, 0.717) is 22.5 Å². The van der Waals surface area contributed by atoms with Gasteiger partial charge in [-0.1, -0.05) is 45.9 Å². The van der Waals surface area contributed by atoms with Crippen LogP contribution < -0.4 is 16.1 Å². The highest BCUT2D eigenvalue weighted by Gasteiger charge is 2.08. The van der Waals surface area contributed by atoms with Gasteiger partial charge in [0.25, 0.3) is 0 Å². The van der Waals surface area contributed by atoms with Gasteiger partial charge in [0.05, 0.1) is 12.0 Å². The number of anilines is 3. The smallest absolute Gasteiger partial charge is 0.240 e. The third-order valence-corrected chi connectivity index (χ3v) is 4.84. The minimum atomic E-state index is -0.216. The average Bonchev–Trinajstić information content (AvgIpc) is 3.14. The van der Waals surface area contributed by atoms with Gasteiger partial charge in [-0.15, -0.1) is 5.10 Å². The van der Waals surface area contributed by atoms with Gasteiger partial charge in [0, 0.05) is 22.8 Å². The number of thioether (sulfide) groups is 1. The van der Waals surface area contributed by atoms with Gasteiger partial charge in [-0.2, -0.15) is 10.1 Å². The maximum atomic E-state index is 12.2. The number of aromatic nitrogens is 3. The number of amides is 2. The predicted octanol–water partition coefficient (Wildman–Crippen LogP) is 3.70. The van der Waals surface area contributed by atoms with E-state index >= 15 is 0 Å². The molecule has 9 nitrogen and oxygen atoms in total. The summed E-state index contributed by atoms with van der Waals surface area (Å²) in [6.45, 7) is 1.42. The molecule has 30 heavy (non-hydrogen) atoms. The van der Waals surface area contributed by atoms with E-state index in [9.17, 15) is 9.59 Å². The van der Waals surface area contributed by atoms with Crippen molar-refractivity contribution in [2.45, 2.75) is 12.1 Å². The number of carbonyl (C=O) groups is 2. The lowest BCUT2D eigenvalue weighted by Gasteiger charge is -2.07. The first-order chi connectivity index (χ1) is 14.5. The summed E-state index contributed by atoms with van der Waals surface area (Å²) in [7, 11) is 0. The monoisotopic (exact) mass is 487 g/mol. The van der Waals surface area contributed by atoms with Gasteiger partial charge < -0.3 is 10.6 Å². The zero-order valence-corrected chi connectivity index (χ0v) is 18.3. The van der Waals surface area contributed by atoms with E-state index < -0.39 is 0 Å². The molecule has 0 radical (unpaired) electrons. The summed E-state index contributed by atoms with van der Waals surface area (Å²) in [5.41, 5.74) is 4.88. The Balaban J connectivity index is 1.47. The summed E-state index contributed by atoms with van der Waals surface area (Å²) in [5.74, 6) is 0.103. The Bertz CT molecular complexity index is 1070. The Kier molecular flexibility index (Phi) is 7.57. The number of H-pyrrole nitrogens is 1. The Labute approximate surface area is 185 Å². The highest BCUT2D eigenvalue weighted by Crippen LogP contribution is 2.17. The van der Waals surface area contributed by atoms with E-state index in [1.54, 1.807) is 30.5 Å². The number of hydrogen-bond donors (Lipinski definition) is 4. The van der Waals surface area contributed by atoms with Gasteiger partial charge in [-0.3, -0.25) is 9.59 Å². The van der Waals surface area contributed by atoms with Crippen LogP contribution in [0.25, 0.3) is 0 Å². The predicted molar refractivity (Wildman–Crippen MR) is 122 cm³/mol. The molecule has 3 rings (SSSR count). The molecule has 3 aromatic rings. The zero-order valence-electron chi connectivity index (χ0n) is 15.8. The number of hydrazone groups is 1. The molecule has 0 saturated heterocycles. The van der Waals surface area contributed by atoms with Crippen molar-refractivity contribution in [3.8, 4) is 0 Å². The Morgan fingerprint density at radius 1 is 1.17 bits per heavy atom. The largest absolute Gasteiger partial charge is 0.326 e. The fourth-order valence-corrected chi connectivity index (χ4v) is 3.34. The van der Waals surface area contributed by atoms with Crippen molar-refractivity contribution in [3.05, 3.63) is 58.6 Å². The van der Waals surface area contributed by atoms with E-state index in [-0.39, 0.29) is 17.6 Å². The van der Waals surface area contributed by atoms with E-state index in [4.69, 9.17) is 0 Å². The maximum Gasteiger partial charge on any atom is 0.240 e. The fraction of sp³-hybridized carbons (Fsp3) is 0.105. The average molecular weight is 488 g/mol. The molecule has 0 aliphatic rings. The second kappa shape index (κ2) is 10.6. The normalized spacial score (nSPS) is 10.7. The molecular weight excluding hydrogens is 470 g/mol. The first-order valence-corrected chi connectivity index (χ1v) is 10.5. The molecule has 2 aromatic carbocycles. The molecule has 1 heterocycles. The number of carbonyl (C=O) groups excluding carboxylic acids is 2. The van der Waals surface area contributed by atoms with E-state index in [1.165, 1.54) is 18.7 Å². The van der Waals surface area contributed by atoms with Crippen molar-refractivity contribution < 1.29 is 9.59 Å². The molecular formula is C19H18BrN7O2S. The molecule has 2 amide bonds. The minimum Gasteiger partial charge on any atom is -0.326 e. The SMILES string of the molecule is CC(=O)Nc1cccc(NC(=O)CSc2n[nH]c(N/N=C\c3cccc(Br)c3)n2)c1. The summed E-state index contributed by atoms with van der Waals surface area (Å²) in [4.78, 5) is 27.5. The number of benzene rings is 2. The molecule has 0 bridgehead atoms. The Morgan fingerprint density at radius 2 is 1.93 bits per heavy atom. The van der Waals surface area contributed by atoms with Crippen LogP contribution >= 0.6 is 27.7 Å². The molecule has 4 N–H and O–H groups in total. The standard InChI is InChI=1S/C19H18BrN7O2S/c1-12(28)22-15-6-3-7-16(9-15)23-17(29)11-30-19-24-18(26-27-19)25-21-10-13-4-2-5-14(20)8-13/h2-10H,11H2,1H3,(H,22,28)(H,23,29)(H2,24,25,26,27)/b21-10-. The van der Waals surface area contributed by atoms with Crippen molar-refractivity contribution in [2.24, 2.45) is 5.10 Å². The summed E-state index contributed by atoms with van der Waals surface area (Å²) < 4.78 is 0.963. The third kappa shape index (κ3) is 7.01. The number of halogens is 1. The number of hydrogen-bond acceptors (Lipinski definition) is 7. The molecule has 0 unspecified atom stereocenters. The molecule has 0 spiro atoms. The number of nitrogens with one attached hydrogen (secondary N) is 4. The fourth-order valence-electron chi connectivity index (χ4n) is 2.32. The van der Waals surface area contributed by atoms with Crippen LogP contribution in [0.4, 0.5) is 17.3 Å². The highest BCUT2D eigenvalue weighted by atomic mass is 79.9. The van der Waals surface area contributed by atoms with E-state index in [1.807, 2.05) is 24.3 Å². The van der Waals surface area contributed by atoms with Gasteiger partial charge in [0.1, 0.15) is 0 Å². The molecule has 154 valence electrons. The number of nitrogens with zero attached hydrogens (tertiary/aromatic N) is 3. The molecule has 1 aromatic heterocycles. The first kappa shape index (κ1) is 21.5. The van der Waals surface area contributed by atoms with Gasteiger partial charge >= 0.3 is 0 Å². The van der Waals surface area contributed by atoms with Gasteiger partial charge in [-0.25, -0.2) is 10.5 Å². The second-order valence-corrected chi connectivity index (χ2v) is 7.85. The lowest BCUT2D eigenvalue weighted by atomic mass is 10.2. The zero-order chi connectivity index (χ0) is 21.3. The van der Waals surface area contributed by atoms with Crippen molar-refractivity contribution in [3.63, 3.8) is 0 Å². The minimum absolute atomic E-state index is 0.128. The van der Waals surface area contributed by atoms with Crippen molar-refractivity contribution in [2.75, 3.05) is 21.8 Å². The molecule has 0 aliphatic heterocycles. The van der Waals surface area contributed by atoms with Gasteiger partial charge in [0.2, 0.25) is 22.9 Å². The topological polar surface area (TPSA) is 124 Å². The Hall–Kier alpha value is -3.18. The van der Waals surface area contributed by atoms with Crippen molar-refractivity contribution in [1.29, 1.82) is 0 Å². The third-order valence-electron chi connectivity index (χ3n) is 3.50. The van der Waals surface area contributed by atoms with E-state index in [0.717, 1.165) is 10.0 Å². The van der Waals surface area contributed by atoms with Crippen LogP contribution in [0.2, 0.25) is 0 Å². The molecule has 0 saturated carbocycles. The van der Waals surface area contributed by atoms with Crippen molar-refractivity contribution in [1.82, 2.24) is 15.2 Å². The maximum absolute atomic E-state index is 12.2. The summed E-state index contributed by atoms with van der Waals surface area (Å²) in [5, 5.41) is 16.7. The lowest BCUT2D eigenvalue weighted by Crippen LogP contribution is -2.14. The van der Waals surface area contributed by atoms with Crippen LogP contribution in [0.5, 0.6) is 0 Å². The van der Waals surface area contributed by atoms with Gasteiger partial charge in [0.15, 0.2) is 0 Å². The van der Waals surface area contributed by atoms with E-state index in [2.05, 4.69) is 52.3 Å². The molecule has 0 atom stereocenters. The molecule has 0 fully saturated rings. The van der Waals surface area contributed by atoms with Crippen LogP contribution in [-0.2, 0) is 9.59 Å². The van der Waals surface area contributed by atoms with Crippen LogP contribution in [0.15, 0.2) is 63.3 Å². The summed E-state index contributed by atoms with van der Waals surface area (Å²) >= 11 is 4.58. The highest BCUT2D eigenvalue weighted by molar-refractivity contribution is 9.10. The Morgan fingerprint density at radius 3 is 2.70 bits per heavy atom. The molecule has 0 aliphatic carbocycles.